The molecule has 0 spiro atoms. The predicted octanol–water partition coefficient (Wildman–Crippen LogP) is 4.31. The summed E-state index contributed by atoms with van der Waals surface area (Å²) in [5, 5.41) is 0. The number of carbonyl (C=O) groups is 1. The number of rotatable bonds is 7. The van der Waals surface area contributed by atoms with E-state index in [2.05, 4.69) is 39.7 Å². The van der Waals surface area contributed by atoms with Gasteiger partial charge in [0.2, 0.25) is 5.95 Å². The number of aryl methyl sites for hydroxylation is 1. The quantitative estimate of drug-likeness (QED) is 0.701. The first kappa shape index (κ1) is 21.2. The number of nitrogens with zero attached hydrogens (tertiary/aromatic N) is 3. The van der Waals surface area contributed by atoms with Crippen LogP contribution >= 0.6 is 15.9 Å². The zero-order valence-corrected chi connectivity index (χ0v) is 18.1. The van der Waals surface area contributed by atoms with Crippen LogP contribution in [0.3, 0.4) is 0 Å². The minimum absolute atomic E-state index is 0.109. The number of anilines is 1. The second kappa shape index (κ2) is 9.17. The van der Waals surface area contributed by atoms with Crippen molar-refractivity contribution in [2.45, 2.75) is 34.6 Å². The first-order valence-electron chi connectivity index (χ1n) is 9.14. The monoisotopic (exact) mass is 434 g/mol. The Labute approximate surface area is 169 Å². The van der Waals surface area contributed by atoms with Crippen LogP contribution in [-0.4, -0.2) is 40.5 Å². The minimum Gasteiger partial charge on any atom is -0.493 e. The molecule has 1 heterocycles. The Hall–Kier alpha value is -2.15. The number of carbonyl (C=O) groups excluding carboxylic acids is 1. The van der Waals surface area contributed by atoms with Gasteiger partial charge in [0.1, 0.15) is 5.75 Å². The Morgan fingerprint density at radius 1 is 1.26 bits per heavy atom. The topological polar surface area (TPSA) is 81.3 Å². The maximum Gasteiger partial charge on any atom is 0.257 e. The highest BCUT2D eigenvalue weighted by Gasteiger charge is 2.25. The van der Waals surface area contributed by atoms with Gasteiger partial charge in [0.15, 0.2) is 0 Å². The molecule has 0 saturated heterocycles. The first-order valence-corrected chi connectivity index (χ1v) is 9.93. The summed E-state index contributed by atoms with van der Waals surface area (Å²) in [5.74, 6) is 1.06. The number of hydrogen-bond donors (Lipinski definition) is 1. The fraction of sp³-hybridized carbons (Fsp3) is 0.450. The van der Waals surface area contributed by atoms with Crippen LogP contribution in [0.15, 0.2) is 22.7 Å². The van der Waals surface area contributed by atoms with E-state index in [1.807, 2.05) is 32.0 Å². The lowest BCUT2D eigenvalue weighted by molar-refractivity contribution is 0.0772. The number of aromatic nitrogens is 2. The molecule has 2 aromatic rings. The van der Waals surface area contributed by atoms with Crippen LogP contribution in [0.2, 0.25) is 0 Å². The molecular weight excluding hydrogens is 408 g/mol. The average molecular weight is 435 g/mol. The van der Waals surface area contributed by atoms with Gasteiger partial charge in [-0.15, -0.1) is 0 Å². The van der Waals surface area contributed by atoms with E-state index >= 15 is 0 Å². The van der Waals surface area contributed by atoms with Crippen LogP contribution in [0.4, 0.5) is 5.95 Å². The molecule has 0 aliphatic heterocycles. The lowest BCUT2D eigenvalue weighted by Crippen LogP contribution is -2.32. The Balaban J connectivity index is 2.68. The number of amides is 1. The van der Waals surface area contributed by atoms with Crippen molar-refractivity contribution in [3.63, 3.8) is 0 Å². The highest BCUT2D eigenvalue weighted by molar-refractivity contribution is 9.10. The van der Waals surface area contributed by atoms with Crippen molar-refractivity contribution in [3.05, 3.63) is 33.9 Å². The van der Waals surface area contributed by atoms with Crippen molar-refractivity contribution in [1.82, 2.24) is 14.9 Å². The molecule has 0 fully saturated rings. The number of benzene rings is 1. The van der Waals surface area contributed by atoms with E-state index in [1.165, 1.54) is 0 Å². The van der Waals surface area contributed by atoms with Crippen molar-refractivity contribution in [1.29, 1.82) is 0 Å². The molecule has 0 bridgehead atoms. The zero-order chi connectivity index (χ0) is 20.1. The molecule has 7 heteroatoms. The molecule has 1 aromatic heterocycles. The van der Waals surface area contributed by atoms with E-state index in [9.17, 15) is 4.79 Å². The van der Waals surface area contributed by atoms with Crippen molar-refractivity contribution < 1.29 is 9.53 Å². The largest absolute Gasteiger partial charge is 0.493 e. The summed E-state index contributed by atoms with van der Waals surface area (Å²) in [7, 11) is 0. The van der Waals surface area contributed by atoms with Gasteiger partial charge in [-0.1, -0.05) is 29.8 Å². The van der Waals surface area contributed by atoms with E-state index in [1.54, 1.807) is 11.8 Å². The Bertz CT molecular complexity index is 820. The molecule has 0 unspecified atom stereocenters. The standard InChI is InChI=1S/C20H27BrN4O2/c1-6-25(7-2)19(26)17-13(5)23-20(22)24-18(17)15-10-14(21)8-9-16(15)27-11-12(3)4/h8-10,12H,6-7,11H2,1-5H3,(H2,22,23,24). The Kier molecular flexibility index (Phi) is 7.18. The van der Waals surface area contributed by atoms with Gasteiger partial charge in [-0.2, -0.15) is 0 Å². The van der Waals surface area contributed by atoms with Gasteiger partial charge in [-0.25, -0.2) is 9.97 Å². The number of nitrogen functional groups attached to an aromatic ring is 1. The maximum absolute atomic E-state index is 13.1. The maximum atomic E-state index is 13.1. The van der Waals surface area contributed by atoms with Crippen molar-refractivity contribution in [2.75, 3.05) is 25.4 Å². The molecule has 0 aliphatic carbocycles. The van der Waals surface area contributed by atoms with Crippen LogP contribution in [-0.2, 0) is 0 Å². The van der Waals surface area contributed by atoms with Gasteiger partial charge < -0.3 is 15.4 Å². The number of hydrogen-bond acceptors (Lipinski definition) is 5. The summed E-state index contributed by atoms with van der Waals surface area (Å²) in [6.07, 6.45) is 0. The molecular formula is C20H27BrN4O2. The third-order valence-corrected chi connectivity index (χ3v) is 4.63. The highest BCUT2D eigenvalue weighted by Crippen LogP contribution is 2.35. The number of ether oxygens (including phenoxy) is 1. The van der Waals surface area contributed by atoms with Gasteiger partial charge in [0, 0.05) is 23.1 Å². The van der Waals surface area contributed by atoms with Gasteiger partial charge in [-0.3, -0.25) is 4.79 Å². The third kappa shape index (κ3) is 4.97. The Morgan fingerprint density at radius 2 is 1.93 bits per heavy atom. The summed E-state index contributed by atoms with van der Waals surface area (Å²) < 4.78 is 6.85. The van der Waals surface area contributed by atoms with Crippen LogP contribution in [0.1, 0.15) is 43.7 Å². The van der Waals surface area contributed by atoms with Gasteiger partial charge >= 0.3 is 0 Å². The summed E-state index contributed by atoms with van der Waals surface area (Å²) in [6.45, 7) is 11.6. The number of nitrogens with two attached hydrogens (primary N) is 1. The molecule has 1 aromatic carbocycles. The zero-order valence-electron chi connectivity index (χ0n) is 16.5. The van der Waals surface area contributed by atoms with Crippen LogP contribution in [0, 0.1) is 12.8 Å². The van der Waals surface area contributed by atoms with Crippen LogP contribution in [0.5, 0.6) is 5.75 Å². The molecule has 0 atom stereocenters. The molecule has 27 heavy (non-hydrogen) atoms. The van der Waals surface area contributed by atoms with Crippen LogP contribution in [0.25, 0.3) is 11.3 Å². The summed E-state index contributed by atoms with van der Waals surface area (Å²) in [5.41, 5.74) is 8.15. The average Bonchev–Trinajstić information content (AvgIpc) is 2.60. The van der Waals surface area contributed by atoms with Gasteiger partial charge in [-0.05, 0) is 44.9 Å². The van der Waals surface area contributed by atoms with Crippen molar-refractivity contribution in [3.8, 4) is 17.0 Å². The molecule has 2 rings (SSSR count). The smallest absolute Gasteiger partial charge is 0.257 e. The van der Waals surface area contributed by atoms with E-state index in [0.717, 1.165) is 10.0 Å². The molecule has 1 amide bonds. The molecule has 0 aliphatic rings. The fourth-order valence-electron chi connectivity index (χ4n) is 2.78. The SMILES string of the molecule is CCN(CC)C(=O)c1c(C)nc(N)nc1-c1cc(Br)ccc1OCC(C)C. The minimum atomic E-state index is -0.109. The normalized spacial score (nSPS) is 10.9. The molecule has 146 valence electrons. The van der Waals surface area contributed by atoms with E-state index in [-0.39, 0.29) is 11.9 Å². The molecule has 0 radical (unpaired) electrons. The third-order valence-electron chi connectivity index (χ3n) is 4.14. The number of halogens is 1. The van der Waals surface area contributed by atoms with E-state index in [0.29, 0.717) is 48.3 Å². The van der Waals surface area contributed by atoms with Crippen LogP contribution < -0.4 is 10.5 Å². The van der Waals surface area contributed by atoms with Gasteiger partial charge in [0.05, 0.1) is 23.6 Å². The van der Waals surface area contributed by atoms with Gasteiger partial charge in [0.25, 0.3) is 5.91 Å². The summed E-state index contributed by atoms with van der Waals surface area (Å²) in [6, 6.07) is 5.68. The lowest BCUT2D eigenvalue weighted by atomic mass is 10.0. The lowest BCUT2D eigenvalue weighted by Gasteiger charge is -2.22. The first-order chi connectivity index (χ1) is 12.8. The molecule has 6 nitrogen and oxygen atoms in total. The molecule has 2 N–H and O–H groups in total. The van der Waals surface area contributed by atoms with Crippen molar-refractivity contribution >= 4 is 27.8 Å². The predicted molar refractivity (Wildman–Crippen MR) is 112 cm³/mol. The second-order valence-corrected chi connectivity index (χ2v) is 7.63. The van der Waals surface area contributed by atoms with E-state index < -0.39 is 0 Å². The summed E-state index contributed by atoms with van der Waals surface area (Å²) in [4.78, 5) is 23.5. The highest BCUT2D eigenvalue weighted by atomic mass is 79.9. The molecule has 0 saturated carbocycles. The fourth-order valence-corrected chi connectivity index (χ4v) is 3.15. The van der Waals surface area contributed by atoms with E-state index in [4.69, 9.17) is 10.5 Å². The summed E-state index contributed by atoms with van der Waals surface area (Å²) >= 11 is 3.50. The van der Waals surface area contributed by atoms with Crippen molar-refractivity contribution in [2.24, 2.45) is 5.92 Å². The second-order valence-electron chi connectivity index (χ2n) is 6.71. The Morgan fingerprint density at radius 3 is 2.52 bits per heavy atom.